The first-order valence-corrected chi connectivity index (χ1v) is 4.92. The first kappa shape index (κ1) is 9.99. The lowest BCUT2D eigenvalue weighted by Gasteiger charge is -2.08. The number of fused-ring (bicyclic) bond motifs is 1. The van der Waals surface area contributed by atoms with Crippen LogP contribution in [-0.2, 0) is 4.74 Å². The largest absolute Gasteiger partial charge is 0.467 e. The van der Waals surface area contributed by atoms with E-state index in [0.29, 0.717) is 0 Å². The highest BCUT2D eigenvalue weighted by molar-refractivity contribution is 5.88. The maximum absolute atomic E-state index is 5.50. The molecule has 2 rings (SSSR count). The van der Waals surface area contributed by atoms with Crippen molar-refractivity contribution in [1.82, 2.24) is 0 Å². The third kappa shape index (κ3) is 2.10. The lowest BCUT2D eigenvalue weighted by atomic mass is 10.1. The van der Waals surface area contributed by atoms with Crippen LogP contribution in [-0.4, -0.2) is 13.9 Å². The predicted octanol–water partition coefficient (Wildman–Crippen LogP) is 3.13. The summed E-state index contributed by atoms with van der Waals surface area (Å²) in [4.78, 5) is 0. The van der Waals surface area contributed by atoms with Crippen LogP contribution in [0.3, 0.4) is 0 Å². The molecule has 0 heterocycles. The van der Waals surface area contributed by atoms with Crippen molar-refractivity contribution in [2.45, 2.75) is 6.92 Å². The average molecular weight is 202 g/mol. The van der Waals surface area contributed by atoms with E-state index in [-0.39, 0.29) is 6.79 Å². The molecule has 0 aliphatic rings. The van der Waals surface area contributed by atoms with Gasteiger partial charge < -0.3 is 9.47 Å². The highest BCUT2D eigenvalue weighted by Gasteiger charge is 2.01. The second-order valence-corrected chi connectivity index (χ2v) is 3.53. The molecule has 15 heavy (non-hydrogen) atoms. The Bertz CT molecular complexity index is 463. The maximum atomic E-state index is 5.50. The Morgan fingerprint density at radius 2 is 2.00 bits per heavy atom. The molecule has 0 saturated carbocycles. The molecule has 0 aliphatic carbocycles. The average Bonchev–Trinajstić information content (AvgIpc) is 2.26. The first-order valence-electron chi connectivity index (χ1n) is 4.92. The molecule has 2 aromatic rings. The van der Waals surface area contributed by atoms with Crippen molar-refractivity contribution in [3.8, 4) is 5.75 Å². The van der Waals surface area contributed by atoms with Crippen molar-refractivity contribution >= 4 is 10.8 Å². The molecule has 0 amide bonds. The van der Waals surface area contributed by atoms with Crippen LogP contribution in [0, 0.1) is 6.92 Å². The van der Waals surface area contributed by atoms with E-state index in [1.807, 2.05) is 12.1 Å². The topological polar surface area (TPSA) is 18.5 Å². The van der Waals surface area contributed by atoms with Crippen LogP contribution in [0.5, 0.6) is 5.75 Å². The quantitative estimate of drug-likeness (QED) is 0.712. The molecule has 0 N–H and O–H groups in total. The van der Waals surface area contributed by atoms with Gasteiger partial charge in [0.15, 0.2) is 6.79 Å². The Morgan fingerprint density at radius 1 is 1.13 bits per heavy atom. The number of ether oxygens (including phenoxy) is 2. The Balaban J connectivity index is 2.48. The number of rotatable bonds is 3. The molecule has 0 fully saturated rings. The molecule has 78 valence electrons. The van der Waals surface area contributed by atoms with Crippen molar-refractivity contribution in [3.63, 3.8) is 0 Å². The zero-order valence-electron chi connectivity index (χ0n) is 8.99. The summed E-state index contributed by atoms with van der Waals surface area (Å²) in [5.41, 5.74) is 1.23. The molecule has 2 heteroatoms. The minimum absolute atomic E-state index is 0.285. The van der Waals surface area contributed by atoms with Crippen LogP contribution in [0.25, 0.3) is 10.8 Å². The second-order valence-electron chi connectivity index (χ2n) is 3.53. The number of hydrogen-bond acceptors (Lipinski definition) is 2. The van der Waals surface area contributed by atoms with Crippen LogP contribution in [0.4, 0.5) is 0 Å². The van der Waals surface area contributed by atoms with Gasteiger partial charge in [0.25, 0.3) is 0 Å². The lowest BCUT2D eigenvalue weighted by Crippen LogP contribution is -1.99. The molecule has 2 nitrogen and oxygen atoms in total. The molecule has 0 unspecified atom stereocenters. The Kier molecular flexibility index (Phi) is 2.88. The van der Waals surface area contributed by atoms with E-state index < -0.39 is 0 Å². The molecular weight excluding hydrogens is 188 g/mol. The van der Waals surface area contributed by atoms with Crippen LogP contribution in [0.15, 0.2) is 36.4 Å². The standard InChI is InChI=1S/C13H14O2/c1-10-6-7-11-4-3-5-13(12(11)8-10)15-9-14-2/h3-8H,9H2,1-2H3. The summed E-state index contributed by atoms with van der Waals surface area (Å²) >= 11 is 0. The molecule has 0 bridgehead atoms. The van der Waals surface area contributed by atoms with E-state index in [1.54, 1.807) is 7.11 Å². The van der Waals surface area contributed by atoms with Gasteiger partial charge in [0, 0.05) is 12.5 Å². The van der Waals surface area contributed by atoms with Gasteiger partial charge in [0.05, 0.1) is 0 Å². The summed E-state index contributed by atoms with van der Waals surface area (Å²) in [6.07, 6.45) is 0. The van der Waals surface area contributed by atoms with E-state index in [0.717, 1.165) is 11.1 Å². The Hall–Kier alpha value is -1.54. The van der Waals surface area contributed by atoms with Gasteiger partial charge in [0.2, 0.25) is 0 Å². The summed E-state index contributed by atoms with van der Waals surface area (Å²) in [6.45, 7) is 2.36. The zero-order valence-corrected chi connectivity index (χ0v) is 8.99. The summed E-state index contributed by atoms with van der Waals surface area (Å²) in [7, 11) is 1.62. The van der Waals surface area contributed by atoms with E-state index >= 15 is 0 Å². The fourth-order valence-electron chi connectivity index (χ4n) is 1.61. The normalized spacial score (nSPS) is 10.5. The maximum Gasteiger partial charge on any atom is 0.188 e. The minimum atomic E-state index is 0.285. The third-order valence-electron chi connectivity index (χ3n) is 2.33. The van der Waals surface area contributed by atoms with Crippen molar-refractivity contribution in [2.24, 2.45) is 0 Å². The van der Waals surface area contributed by atoms with E-state index in [1.165, 1.54) is 10.9 Å². The monoisotopic (exact) mass is 202 g/mol. The number of methoxy groups -OCH3 is 1. The summed E-state index contributed by atoms with van der Waals surface area (Å²) in [5, 5.41) is 2.32. The Labute approximate surface area is 89.4 Å². The fourth-order valence-corrected chi connectivity index (χ4v) is 1.61. The van der Waals surface area contributed by atoms with Gasteiger partial charge in [-0.15, -0.1) is 0 Å². The second kappa shape index (κ2) is 4.32. The molecule has 0 aromatic heterocycles. The molecular formula is C13H14O2. The van der Waals surface area contributed by atoms with Crippen LogP contribution < -0.4 is 4.74 Å². The van der Waals surface area contributed by atoms with Gasteiger partial charge in [-0.3, -0.25) is 0 Å². The van der Waals surface area contributed by atoms with Gasteiger partial charge in [-0.25, -0.2) is 0 Å². The van der Waals surface area contributed by atoms with E-state index in [9.17, 15) is 0 Å². The highest BCUT2D eigenvalue weighted by Crippen LogP contribution is 2.26. The molecule has 0 radical (unpaired) electrons. The summed E-state index contributed by atoms with van der Waals surface area (Å²) in [5.74, 6) is 0.873. The van der Waals surface area contributed by atoms with Gasteiger partial charge in [0.1, 0.15) is 5.75 Å². The molecule has 2 aromatic carbocycles. The van der Waals surface area contributed by atoms with Crippen molar-refractivity contribution in [1.29, 1.82) is 0 Å². The van der Waals surface area contributed by atoms with Gasteiger partial charge >= 0.3 is 0 Å². The predicted molar refractivity (Wildman–Crippen MR) is 61.2 cm³/mol. The third-order valence-corrected chi connectivity index (χ3v) is 2.33. The highest BCUT2D eigenvalue weighted by atomic mass is 16.7. The summed E-state index contributed by atoms with van der Waals surface area (Å²) < 4.78 is 10.4. The van der Waals surface area contributed by atoms with Crippen molar-refractivity contribution in [3.05, 3.63) is 42.0 Å². The van der Waals surface area contributed by atoms with E-state index in [2.05, 4.69) is 31.2 Å². The Morgan fingerprint density at radius 3 is 2.80 bits per heavy atom. The first-order chi connectivity index (χ1) is 7.31. The lowest BCUT2D eigenvalue weighted by molar-refractivity contribution is 0.0522. The van der Waals surface area contributed by atoms with Crippen LogP contribution in [0.2, 0.25) is 0 Å². The van der Waals surface area contributed by atoms with Crippen molar-refractivity contribution < 1.29 is 9.47 Å². The summed E-state index contributed by atoms with van der Waals surface area (Å²) in [6, 6.07) is 12.4. The number of benzene rings is 2. The van der Waals surface area contributed by atoms with E-state index in [4.69, 9.17) is 9.47 Å². The smallest absolute Gasteiger partial charge is 0.188 e. The van der Waals surface area contributed by atoms with Gasteiger partial charge in [-0.05, 0) is 24.4 Å². The molecule has 0 atom stereocenters. The van der Waals surface area contributed by atoms with Gasteiger partial charge in [-0.1, -0.05) is 29.8 Å². The minimum Gasteiger partial charge on any atom is -0.467 e. The zero-order chi connectivity index (χ0) is 10.7. The number of hydrogen-bond donors (Lipinski definition) is 0. The fraction of sp³-hybridized carbons (Fsp3) is 0.231. The van der Waals surface area contributed by atoms with Gasteiger partial charge in [-0.2, -0.15) is 0 Å². The SMILES string of the molecule is COCOc1cccc2ccc(C)cc12. The van der Waals surface area contributed by atoms with Crippen molar-refractivity contribution in [2.75, 3.05) is 13.9 Å². The number of aryl methyl sites for hydroxylation is 1. The molecule has 0 saturated heterocycles. The van der Waals surface area contributed by atoms with Crippen LogP contribution in [0.1, 0.15) is 5.56 Å². The van der Waals surface area contributed by atoms with Crippen LogP contribution >= 0.6 is 0 Å². The molecule has 0 aliphatic heterocycles. The molecule has 0 spiro atoms.